The summed E-state index contributed by atoms with van der Waals surface area (Å²) in [5.41, 5.74) is 0. The fourth-order valence-electron chi connectivity index (χ4n) is 3.27. The molecule has 23 heavy (non-hydrogen) atoms. The van der Waals surface area contributed by atoms with Gasteiger partial charge in [-0.05, 0) is 31.6 Å². The molecule has 7 nitrogen and oxygen atoms in total. The van der Waals surface area contributed by atoms with E-state index in [0.717, 1.165) is 32.2 Å². The first-order valence-electron chi connectivity index (χ1n) is 8.90. The third-order valence-corrected chi connectivity index (χ3v) is 4.94. The highest BCUT2D eigenvalue weighted by molar-refractivity contribution is 5.76. The monoisotopic (exact) mass is 324 g/mol. The zero-order valence-corrected chi connectivity index (χ0v) is 13.7. The average molecular weight is 324 g/mol. The van der Waals surface area contributed by atoms with E-state index >= 15 is 0 Å². The minimum atomic E-state index is -0.102. The summed E-state index contributed by atoms with van der Waals surface area (Å²) in [7, 11) is 0. The van der Waals surface area contributed by atoms with E-state index in [9.17, 15) is 9.59 Å². The Hall–Kier alpha value is -1.50. The highest BCUT2D eigenvalue weighted by Gasteiger charge is 2.30. The van der Waals surface area contributed by atoms with Gasteiger partial charge in [-0.25, -0.2) is 9.59 Å². The van der Waals surface area contributed by atoms with Gasteiger partial charge in [0.05, 0.1) is 25.3 Å². The fourth-order valence-corrected chi connectivity index (χ4v) is 3.27. The van der Waals surface area contributed by atoms with Crippen LogP contribution in [0.3, 0.4) is 0 Å². The molecule has 3 fully saturated rings. The van der Waals surface area contributed by atoms with E-state index in [1.54, 1.807) is 4.90 Å². The van der Waals surface area contributed by atoms with Crippen LogP contribution in [0.2, 0.25) is 0 Å². The van der Waals surface area contributed by atoms with Crippen LogP contribution in [0.25, 0.3) is 0 Å². The van der Waals surface area contributed by atoms with Crippen LogP contribution in [0.1, 0.15) is 38.5 Å². The van der Waals surface area contributed by atoms with Crippen molar-refractivity contribution in [3.8, 4) is 0 Å². The molecule has 2 unspecified atom stereocenters. The summed E-state index contributed by atoms with van der Waals surface area (Å²) >= 11 is 0. The van der Waals surface area contributed by atoms with E-state index in [-0.39, 0.29) is 24.1 Å². The molecule has 0 bridgehead atoms. The molecular weight excluding hydrogens is 296 g/mol. The Morgan fingerprint density at radius 1 is 0.957 bits per heavy atom. The van der Waals surface area contributed by atoms with Crippen LogP contribution >= 0.6 is 0 Å². The number of carbonyl (C=O) groups excluding carboxylic acids is 2. The minimum absolute atomic E-state index is 0.0192. The van der Waals surface area contributed by atoms with Crippen LogP contribution in [0.5, 0.6) is 0 Å². The lowest BCUT2D eigenvalue weighted by molar-refractivity contribution is 0.0517. The van der Waals surface area contributed by atoms with Crippen LogP contribution in [0.4, 0.5) is 9.59 Å². The molecule has 1 saturated heterocycles. The van der Waals surface area contributed by atoms with Crippen molar-refractivity contribution in [1.29, 1.82) is 0 Å². The Kier molecular flexibility index (Phi) is 5.59. The molecule has 130 valence electrons. The molecule has 2 aliphatic carbocycles. The number of carbonyl (C=O) groups is 2. The van der Waals surface area contributed by atoms with Crippen LogP contribution in [-0.4, -0.2) is 61.9 Å². The van der Waals surface area contributed by atoms with Gasteiger partial charge in [0.25, 0.3) is 0 Å². The van der Waals surface area contributed by atoms with Crippen molar-refractivity contribution in [2.24, 2.45) is 5.92 Å². The lowest BCUT2D eigenvalue weighted by Gasteiger charge is -2.35. The Labute approximate surface area is 137 Å². The maximum Gasteiger partial charge on any atom is 0.317 e. The molecule has 3 rings (SSSR count). The molecule has 0 aromatic heterocycles. The van der Waals surface area contributed by atoms with Gasteiger partial charge in [0.2, 0.25) is 0 Å². The number of urea groups is 2. The standard InChI is InChI=1S/C16H28N4O3/c21-15(17-11-12-5-6-12)18-13-3-1-2-4-14(13)19-16(22)20-7-9-23-10-8-20/h12-14H,1-11H2,(H,19,22)(H2,17,18,21). The highest BCUT2D eigenvalue weighted by atomic mass is 16.5. The lowest BCUT2D eigenvalue weighted by Crippen LogP contribution is -2.58. The molecule has 1 heterocycles. The second kappa shape index (κ2) is 7.86. The van der Waals surface area contributed by atoms with Gasteiger partial charge in [-0.15, -0.1) is 0 Å². The first kappa shape index (κ1) is 16.4. The number of hydrogen-bond donors (Lipinski definition) is 3. The van der Waals surface area contributed by atoms with Gasteiger partial charge in [-0.3, -0.25) is 0 Å². The van der Waals surface area contributed by atoms with Crippen molar-refractivity contribution in [3.05, 3.63) is 0 Å². The van der Waals surface area contributed by atoms with Crippen molar-refractivity contribution in [3.63, 3.8) is 0 Å². The van der Waals surface area contributed by atoms with Gasteiger partial charge in [0.15, 0.2) is 0 Å². The van der Waals surface area contributed by atoms with E-state index in [1.807, 2.05) is 0 Å². The summed E-state index contributed by atoms with van der Waals surface area (Å²) in [5, 5.41) is 9.10. The van der Waals surface area contributed by atoms with Gasteiger partial charge >= 0.3 is 12.1 Å². The normalized spacial score (nSPS) is 28.1. The molecule has 3 N–H and O–H groups in total. The van der Waals surface area contributed by atoms with E-state index < -0.39 is 0 Å². The van der Waals surface area contributed by atoms with Crippen LogP contribution in [0.15, 0.2) is 0 Å². The van der Waals surface area contributed by atoms with Crippen LogP contribution in [0, 0.1) is 5.92 Å². The molecular formula is C16H28N4O3. The summed E-state index contributed by atoms with van der Waals surface area (Å²) in [5.74, 6) is 0.670. The van der Waals surface area contributed by atoms with E-state index in [1.165, 1.54) is 12.8 Å². The van der Waals surface area contributed by atoms with Crippen molar-refractivity contribution < 1.29 is 14.3 Å². The van der Waals surface area contributed by atoms with Crippen LogP contribution in [-0.2, 0) is 4.74 Å². The number of nitrogens with zero attached hydrogens (tertiary/aromatic N) is 1. The van der Waals surface area contributed by atoms with Gasteiger partial charge in [-0.2, -0.15) is 0 Å². The zero-order chi connectivity index (χ0) is 16.1. The van der Waals surface area contributed by atoms with Crippen molar-refractivity contribution >= 4 is 12.1 Å². The first-order valence-corrected chi connectivity index (χ1v) is 8.90. The first-order chi connectivity index (χ1) is 11.2. The number of ether oxygens (including phenoxy) is 1. The third kappa shape index (κ3) is 4.99. The molecule has 0 spiro atoms. The molecule has 0 aromatic carbocycles. The predicted octanol–water partition coefficient (Wildman–Crippen LogP) is 1.05. The SMILES string of the molecule is O=C(NCC1CC1)NC1CCCCC1NC(=O)N1CCOCC1. The summed E-state index contributed by atoms with van der Waals surface area (Å²) < 4.78 is 5.28. The fraction of sp³-hybridized carbons (Fsp3) is 0.875. The van der Waals surface area contributed by atoms with E-state index in [2.05, 4.69) is 16.0 Å². The Morgan fingerprint density at radius 2 is 1.61 bits per heavy atom. The molecule has 3 aliphatic rings. The second-order valence-electron chi connectivity index (χ2n) is 6.84. The molecule has 0 aromatic rings. The minimum Gasteiger partial charge on any atom is -0.378 e. The maximum atomic E-state index is 12.4. The molecule has 0 radical (unpaired) electrons. The quantitative estimate of drug-likeness (QED) is 0.723. The van der Waals surface area contributed by atoms with Crippen molar-refractivity contribution in [2.45, 2.75) is 50.6 Å². The van der Waals surface area contributed by atoms with Crippen LogP contribution < -0.4 is 16.0 Å². The zero-order valence-electron chi connectivity index (χ0n) is 13.7. The number of hydrogen-bond acceptors (Lipinski definition) is 3. The number of nitrogens with one attached hydrogen (secondary N) is 3. The molecule has 1 aliphatic heterocycles. The molecule has 2 saturated carbocycles. The topological polar surface area (TPSA) is 82.7 Å². The summed E-state index contributed by atoms with van der Waals surface area (Å²) in [6.07, 6.45) is 6.48. The smallest absolute Gasteiger partial charge is 0.317 e. The van der Waals surface area contributed by atoms with Gasteiger partial charge in [-0.1, -0.05) is 12.8 Å². The molecule has 4 amide bonds. The average Bonchev–Trinajstić information content (AvgIpc) is 3.40. The molecule has 7 heteroatoms. The Balaban J connectivity index is 1.46. The Morgan fingerprint density at radius 3 is 2.26 bits per heavy atom. The van der Waals surface area contributed by atoms with E-state index in [4.69, 9.17) is 4.74 Å². The largest absolute Gasteiger partial charge is 0.378 e. The number of rotatable bonds is 4. The number of amides is 4. The molecule has 2 atom stereocenters. The highest BCUT2D eigenvalue weighted by Crippen LogP contribution is 2.27. The summed E-state index contributed by atoms with van der Waals surface area (Å²) in [6, 6.07) is -0.0986. The predicted molar refractivity (Wildman–Crippen MR) is 86.2 cm³/mol. The lowest BCUT2D eigenvalue weighted by atomic mass is 9.90. The van der Waals surface area contributed by atoms with Crippen molar-refractivity contribution in [1.82, 2.24) is 20.9 Å². The van der Waals surface area contributed by atoms with E-state index in [0.29, 0.717) is 32.2 Å². The summed E-state index contributed by atoms with van der Waals surface area (Å²) in [6.45, 7) is 3.24. The van der Waals surface area contributed by atoms with Crippen molar-refractivity contribution in [2.75, 3.05) is 32.8 Å². The summed E-state index contributed by atoms with van der Waals surface area (Å²) in [4.78, 5) is 26.2. The second-order valence-corrected chi connectivity index (χ2v) is 6.84. The maximum absolute atomic E-state index is 12.4. The third-order valence-electron chi connectivity index (χ3n) is 4.94. The van der Waals surface area contributed by atoms with Gasteiger partial charge in [0.1, 0.15) is 0 Å². The number of morpholine rings is 1. The van der Waals surface area contributed by atoms with Gasteiger partial charge in [0, 0.05) is 19.6 Å². The van der Waals surface area contributed by atoms with Gasteiger partial charge < -0.3 is 25.6 Å². The Bertz CT molecular complexity index is 422.